The van der Waals surface area contributed by atoms with Crippen molar-refractivity contribution < 1.29 is 19.4 Å². The molecular formula is C23H24N2O4. The summed E-state index contributed by atoms with van der Waals surface area (Å²) in [5.41, 5.74) is 1.75. The van der Waals surface area contributed by atoms with Gasteiger partial charge in [-0.2, -0.15) is 0 Å². The number of aromatic nitrogens is 1. The summed E-state index contributed by atoms with van der Waals surface area (Å²) >= 11 is 0. The number of amides is 1. The summed E-state index contributed by atoms with van der Waals surface area (Å²) < 4.78 is 5.35. The van der Waals surface area contributed by atoms with Gasteiger partial charge in [0.05, 0.1) is 22.8 Å². The van der Waals surface area contributed by atoms with Gasteiger partial charge in [0.2, 0.25) is 0 Å². The van der Waals surface area contributed by atoms with Crippen LogP contribution in [0.1, 0.15) is 49.8 Å². The lowest BCUT2D eigenvalue weighted by Crippen LogP contribution is -2.34. The van der Waals surface area contributed by atoms with Gasteiger partial charge in [0.25, 0.3) is 0 Å². The first-order valence-corrected chi connectivity index (χ1v) is 9.38. The highest BCUT2D eigenvalue weighted by atomic mass is 16.6. The molecule has 6 nitrogen and oxygen atoms in total. The molecule has 0 aliphatic carbocycles. The van der Waals surface area contributed by atoms with Gasteiger partial charge in [0.1, 0.15) is 5.60 Å². The van der Waals surface area contributed by atoms with Crippen LogP contribution < -0.4 is 5.32 Å². The fourth-order valence-corrected chi connectivity index (χ4v) is 3.22. The number of carbonyl (C=O) groups excluding carboxylic acids is 1. The summed E-state index contributed by atoms with van der Waals surface area (Å²) in [4.78, 5) is 29.3. The number of fused-ring (bicyclic) bond motifs is 1. The number of para-hydroxylation sites is 1. The Morgan fingerprint density at radius 3 is 2.28 bits per heavy atom. The molecule has 0 aliphatic heterocycles. The Morgan fingerprint density at radius 1 is 1.03 bits per heavy atom. The Balaban J connectivity index is 2.20. The Morgan fingerprint density at radius 2 is 1.66 bits per heavy atom. The molecule has 1 unspecified atom stereocenters. The maximum atomic E-state index is 12.3. The molecule has 0 spiro atoms. The number of nitrogens with one attached hydrogen (secondary N) is 1. The van der Waals surface area contributed by atoms with Crippen molar-refractivity contribution in [2.24, 2.45) is 0 Å². The quantitative estimate of drug-likeness (QED) is 0.638. The van der Waals surface area contributed by atoms with Crippen molar-refractivity contribution in [1.29, 1.82) is 0 Å². The number of rotatable bonds is 4. The fourth-order valence-electron chi connectivity index (χ4n) is 3.22. The molecule has 150 valence electrons. The van der Waals surface area contributed by atoms with Crippen molar-refractivity contribution in [1.82, 2.24) is 10.3 Å². The lowest BCUT2D eigenvalue weighted by Gasteiger charge is -2.24. The van der Waals surface area contributed by atoms with Crippen LogP contribution in [0.4, 0.5) is 4.79 Å². The average Bonchev–Trinajstić information content (AvgIpc) is 2.65. The minimum Gasteiger partial charge on any atom is -0.478 e. The summed E-state index contributed by atoms with van der Waals surface area (Å²) in [5.74, 6) is -1.05. The predicted octanol–water partition coefficient (Wildman–Crippen LogP) is 5.19. The summed E-state index contributed by atoms with van der Waals surface area (Å²) in [6, 6.07) is 15.7. The van der Waals surface area contributed by atoms with E-state index in [0.717, 1.165) is 5.56 Å². The molecule has 1 atom stereocenters. The molecule has 1 amide bonds. The van der Waals surface area contributed by atoms with Crippen LogP contribution in [0.3, 0.4) is 0 Å². The Kier molecular flexibility index (Phi) is 5.55. The van der Waals surface area contributed by atoms with Gasteiger partial charge in [0, 0.05) is 10.9 Å². The van der Waals surface area contributed by atoms with Gasteiger partial charge in [-0.3, -0.25) is 0 Å². The number of hydrogen-bond donors (Lipinski definition) is 2. The van der Waals surface area contributed by atoms with Crippen molar-refractivity contribution >= 4 is 23.0 Å². The molecule has 0 radical (unpaired) electrons. The highest BCUT2D eigenvalue weighted by Gasteiger charge is 2.26. The molecule has 3 rings (SSSR count). The normalized spacial score (nSPS) is 12.4. The van der Waals surface area contributed by atoms with Crippen LogP contribution in [0.15, 0.2) is 54.6 Å². The Bertz CT molecular complexity index is 1060. The van der Waals surface area contributed by atoms with Crippen molar-refractivity contribution in [2.75, 3.05) is 0 Å². The molecule has 2 N–H and O–H groups in total. The van der Waals surface area contributed by atoms with Gasteiger partial charge in [-0.15, -0.1) is 0 Å². The van der Waals surface area contributed by atoms with E-state index in [1.807, 2.05) is 30.3 Å². The van der Waals surface area contributed by atoms with E-state index in [9.17, 15) is 14.7 Å². The number of benzene rings is 2. The highest BCUT2D eigenvalue weighted by Crippen LogP contribution is 2.35. The van der Waals surface area contributed by atoms with Gasteiger partial charge in [-0.1, -0.05) is 48.5 Å². The van der Waals surface area contributed by atoms with E-state index < -0.39 is 23.7 Å². The standard InChI is InChI=1S/C23H24N2O4/c1-14(24-22(28)29-23(2,3)4)20-18(15-10-6-5-7-11-15)19(21(26)27)16-12-8-9-13-17(16)25-20/h5-14H,1-4H3,(H,24,28)(H,26,27). The van der Waals surface area contributed by atoms with Gasteiger partial charge in [-0.25, -0.2) is 14.6 Å². The van der Waals surface area contributed by atoms with Crippen LogP contribution in [0.2, 0.25) is 0 Å². The maximum Gasteiger partial charge on any atom is 0.408 e. The minimum absolute atomic E-state index is 0.162. The van der Waals surface area contributed by atoms with Crippen LogP contribution in [0.25, 0.3) is 22.0 Å². The largest absolute Gasteiger partial charge is 0.478 e. The zero-order valence-electron chi connectivity index (χ0n) is 16.9. The number of aromatic carboxylic acids is 1. The molecule has 0 aliphatic rings. The topological polar surface area (TPSA) is 88.5 Å². The first-order chi connectivity index (χ1) is 13.7. The smallest absolute Gasteiger partial charge is 0.408 e. The monoisotopic (exact) mass is 392 g/mol. The molecular weight excluding hydrogens is 368 g/mol. The molecule has 6 heteroatoms. The fraction of sp³-hybridized carbons (Fsp3) is 0.261. The number of hydrogen-bond acceptors (Lipinski definition) is 4. The van der Waals surface area contributed by atoms with E-state index >= 15 is 0 Å². The Hall–Kier alpha value is -3.41. The van der Waals surface area contributed by atoms with Gasteiger partial charge in [-0.05, 0) is 39.3 Å². The van der Waals surface area contributed by atoms with Gasteiger partial charge < -0.3 is 15.2 Å². The molecule has 2 aromatic carbocycles. The summed E-state index contributed by atoms with van der Waals surface area (Å²) in [5, 5.41) is 13.4. The molecule has 1 aromatic heterocycles. The number of alkyl carbamates (subject to hydrolysis) is 1. The predicted molar refractivity (Wildman–Crippen MR) is 112 cm³/mol. The van der Waals surface area contributed by atoms with Crippen molar-refractivity contribution in [3.63, 3.8) is 0 Å². The Labute approximate surface area is 169 Å². The first-order valence-electron chi connectivity index (χ1n) is 9.38. The van der Waals surface area contributed by atoms with Crippen molar-refractivity contribution in [3.8, 4) is 11.1 Å². The van der Waals surface area contributed by atoms with Crippen LogP contribution in [-0.2, 0) is 4.74 Å². The lowest BCUT2D eigenvalue weighted by molar-refractivity contribution is 0.0507. The zero-order valence-corrected chi connectivity index (χ0v) is 16.9. The van der Waals surface area contributed by atoms with E-state index in [-0.39, 0.29) is 5.56 Å². The second-order valence-corrected chi connectivity index (χ2v) is 7.80. The number of pyridine rings is 1. The van der Waals surface area contributed by atoms with Gasteiger partial charge in [0.15, 0.2) is 0 Å². The molecule has 29 heavy (non-hydrogen) atoms. The van der Waals surface area contributed by atoms with Gasteiger partial charge >= 0.3 is 12.1 Å². The molecule has 1 heterocycles. The van der Waals surface area contributed by atoms with Crippen molar-refractivity contribution in [3.05, 3.63) is 65.9 Å². The number of carbonyl (C=O) groups is 2. The highest BCUT2D eigenvalue weighted by molar-refractivity contribution is 6.09. The third-order valence-corrected chi connectivity index (χ3v) is 4.34. The molecule has 0 fully saturated rings. The minimum atomic E-state index is -1.05. The van der Waals surface area contributed by atoms with E-state index in [1.54, 1.807) is 52.0 Å². The van der Waals surface area contributed by atoms with E-state index in [1.165, 1.54) is 0 Å². The number of carboxylic acids is 1. The van der Waals surface area contributed by atoms with Crippen LogP contribution in [0.5, 0.6) is 0 Å². The van der Waals surface area contributed by atoms with Crippen molar-refractivity contribution in [2.45, 2.75) is 39.3 Å². The molecule has 0 saturated heterocycles. The third-order valence-electron chi connectivity index (χ3n) is 4.34. The summed E-state index contributed by atoms with van der Waals surface area (Å²) in [6.45, 7) is 7.11. The maximum absolute atomic E-state index is 12.3. The summed E-state index contributed by atoms with van der Waals surface area (Å²) in [7, 11) is 0. The number of nitrogens with zero attached hydrogens (tertiary/aromatic N) is 1. The number of carboxylic acid groups (broad SMARTS) is 1. The second kappa shape index (κ2) is 7.91. The van der Waals surface area contributed by atoms with Crippen LogP contribution >= 0.6 is 0 Å². The average molecular weight is 392 g/mol. The second-order valence-electron chi connectivity index (χ2n) is 7.80. The molecule has 0 saturated carbocycles. The van der Waals surface area contributed by atoms with Crippen LogP contribution in [-0.4, -0.2) is 27.8 Å². The van der Waals surface area contributed by atoms with E-state index in [0.29, 0.717) is 22.2 Å². The first kappa shape index (κ1) is 20.3. The molecule has 0 bridgehead atoms. The van der Waals surface area contributed by atoms with E-state index in [4.69, 9.17) is 9.72 Å². The summed E-state index contributed by atoms with van der Waals surface area (Å²) in [6.07, 6.45) is -0.587. The zero-order chi connectivity index (χ0) is 21.2. The molecule has 3 aromatic rings. The number of ether oxygens (including phenoxy) is 1. The van der Waals surface area contributed by atoms with Crippen LogP contribution in [0, 0.1) is 0 Å². The van der Waals surface area contributed by atoms with E-state index in [2.05, 4.69) is 5.32 Å². The SMILES string of the molecule is CC(NC(=O)OC(C)(C)C)c1nc2ccccc2c(C(=O)O)c1-c1ccccc1. The third kappa shape index (κ3) is 4.54. The lowest BCUT2D eigenvalue weighted by atomic mass is 9.92.